The van der Waals surface area contributed by atoms with E-state index in [-0.39, 0.29) is 12.0 Å². The lowest BCUT2D eigenvalue weighted by atomic mass is 9.95. The van der Waals surface area contributed by atoms with Gasteiger partial charge in [-0.3, -0.25) is 4.79 Å². The number of hydrogen-bond acceptors (Lipinski definition) is 6. The predicted octanol–water partition coefficient (Wildman–Crippen LogP) is 1.88. The summed E-state index contributed by atoms with van der Waals surface area (Å²) in [6.45, 7) is 0.663. The van der Waals surface area contributed by atoms with Crippen LogP contribution in [0.5, 0.6) is 0 Å². The average Bonchev–Trinajstić information content (AvgIpc) is 2.55. The Morgan fingerprint density at radius 3 is 2.83 bits per heavy atom. The van der Waals surface area contributed by atoms with E-state index >= 15 is 0 Å². The summed E-state index contributed by atoms with van der Waals surface area (Å²) >= 11 is 0. The minimum atomic E-state index is 0.0951. The molecule has 2 heterocycles. The zero-order valence-corrected chi connectivity index (χ0v) is 13.2. The van der Waals surface area contributed by atoms with E-state index in [4.69, 9.17) is 5.73 Å². The number of piperidine rings is 1. The number of hydrogen-bond donors (Lipinski definition) is 2. The Kier molecular flexibility index (Phi) is 4.41. The fourth-order valence-electron chi connectivity index (χ4n) is 3.00. The minimum Gasteiger partial charge on any atom is -0.373 e. The van der Waals surface area contributed by atoms with Crippen molar-refractivity contribution in [2.75, 3.05) is 29.5 Å². The lowest BCUT2D eigenvalue weighted by molar-refractivity contribution is -0.120. The number of ketones is 1. The zero-order valence-electron chi connectivity index (χ0n) is 13.2. The second-order valence-corrected chi connectivity index (χ2v) is 5.75. The maximum Gasteiger partial charge on any atom is 0.223 e. The molecule has 0 saturated carbocycles. The number of nitrogens with zero attached hydrogens (tertiary/aromatic N) is 3. The molecule has 1 aliphatic heterocycles. The van der Waals surface area contributed by atoms with Gasteiger partial charge >= 0.3 is 0 Å². The van der Waals surface area contributed by atoms with Gasteiger partial charge in [0.25, 0.3) is 0 Å². The van der Waals surface area contributed by atoms with E-state index in [1.54, 1.807) is 7.05 Å². The van der Waals surface area contributed by atoms with Crippen LogP contribution in [-0.2, 0) is 11.2 Å². The van der Waals surface area contributed by atoms with Gasteiger partial charge in [-0.15, -0.1) is 0 Å². The van der Waals surface area contributed by atoms with Crippen LogP contribution in [0, 0.1) is 0 Å². The van der Waals surface area contributed by atoms with Gasteiger partial charge in [0.05, 0.1) is 0 Å². The Bertz CT molecular complexity index is 689. The van der Waals surface area contributed by atoms with E-state index < -0.39 is 0 Å². The van der Waals surface area contributed by atoms with Crippen LogP contribution in [0.25, 0.3) is 0 Å². The van der Waals surface area contributed by atoms with Gasteiger partial charge in [0.15, 0.2) is 0 Å². The smallest absolute Gasteiger partial charge is 0.223 e. The lowest BCUT2D eigenvalue weighted by Gasteiger charge is -2.36. The molecule has 1 atom stereocenters. The van der Waals surface area contributed by atoms with E-state index in [1.807, 2.05) is 24.3 Å². The van der Waals surface area contributed by atoms with Crippen LogP contribution in [0.4, 0.5) is 17.6 Å². The molecule has 3 rings (SSSR count). The highest BCUT2D eigenvalue weighted by Gasteiger charge is 2.28. The summed E-state index contributed by atoms with van der Waals surface area (Å²) in [5, 5.41) is 3.00. The van der Waals surface area contributed by atoms with Gasteiger partial charge < -0.3 is 16.0 Å². The zero-order chi connectivity index (χ0) is 16.2. The third kappa shape index (κ3) is 3.59. The summed E-state index contributed by atoms with van der Waals surface area (Å²) in [4.78, 5) is 22.6. The molecule has 0 amide bonds. The number of aromatic nitrogens is 2. The Hall–Kier alpha value is -2.63. The Morgan fingerprint density at radius 2 is 2.09 bits per heavy atom. The molecule has 1 aromatic heterocycles. The predicted molar refractivity (Wildman–Crippen MR) is 91.5 cm³/mol. The van der Waals surface area contributed by atoms with Gasteiger partial charge in [-0.2, -0.15) is 9.97 Å². The number of benzene rings is 1. The molecule has 1 aromatic carbocycles. The van der Waals surface area contributed by atoms with Gasteiger partial charge in [-0.1, -0.05) is 30.3 Å². The van der Waals surface area contributed by atoms with Crippen LogP contribution < -0.4 is 16.0 Å². The number of Topliss-reactive ketones (excluding diaryl/α,β-unsaturated/α-hetero) is 1. The first-order valence-corrected chi connectivity index (χ1v) is 7.80. The number of carbonyl (C=O) groups excluding carboxylic acids is 1. The van der Waals surface area contributed by atoms with E-state index in [1.165, 1.54) is 5.56 Å². The number of rotatable bonds is 4. The van der Waals surface area contributed by atoms with Crippen molar-refractivity contribution < 1.29 is 4.79 Å². The SMILES string of the molecule is CNc1cc(N2CCC(=O)CC2Cc2ccccc2)nc(N)n1. The Balaban J connectivity index is 1.88. The van der Waals surface area contributed by atoms with E-state index in [0.29, 0.717) is 31.0 Å². The molecule has 2 aromatic rings. The van der Waals surface area contributed by atoms with Gasteiger partial charge in [-0.25, -0.2) is 0 Å². The standard InChI is InChI=1S/C17H21N5O/c1-19-15-11-16(21-17(18)20-15)22-8-7-14(23)10-13(22)9-12-5-3-2-4-6-12/h2-6,11,13H,7-10H2,1H3,(H3,18,19,20,21). The molecule has 3 N–H and O–H groups in total. The molecule has 6 nitrogen and oxygen atoms in total. The molecular formula is C17H21N5O. The highest BCUT2D eigenvalue weighted by molar-refractivity contribution is 5.81. The van der Waals surface area contributed by atoms with E-state index in [0.717, 1.165) is 12.2 Å². The number of nitrogen functional groups attached to an aromatic ring is 1. The van der Waals surface area contributed by atoms with E-state index in [2.05, 4.69) is 32.3 Å². The molecule has 0 bridgehead atoms. The molecule has 1 unspecified atom stereocenters. The molecule has 1 saturated heterocycles. The number of carbonyl (C=O) groups is 1. The van der Waals surface area contributed by atoms with Crippen LogP contribution in [0.2, 0.25) is 0 Å². The monoisotopic (exact) mass is 311 g/mol. The molecule has 0 aliphatic carbocycles. The summed E-state index contributed by atoms with van der Waals surface area (Å²) < 4.78 is 0. The van der Waals surface area contributed by atoms with Crippen molar-refractivity contribution in [2.45, 2.75) is 25.3 Å². The summed E-state index contributed by atoms with van der Waals surface area (Å²) in [5.74, 6) is 2.00. The highest BCUT2D eigenvalue weighted by Crippen LogP contribution is 2.26. The summed E-state index contributed by atoms with van der Waals surface area (Å²) in [6.07, 6.45) is 1.89. The Labute approximate surface area is 135 Å². The molecule has 23 heavy (non-hydrogen) atoms. The fraction of sp³-hybridized carbons (Fsp3) is 0.353. The molecule has 120 valence electrons. The van der Waals surface area contributed by atoms with E-state index in [9.17, 15) is 4.79 Å². The van der Waals surface area contributed by atoms with Crippen LogP contribution in [0.1, 0.15) is 18.4 Å². The van der Waals surface area contributed by atoms with Crippen molar-refractivity contribution in [3.8, 4) is 0 Å². The summed E-state index contributed by atoms with van der Waals surface area (Å²) in [5.41, 5.74) is 7.03. The van der Waals surface area contributed by atoms with Crippen LogP contribution in [0.3, 0.4) is 0 Å². The van der Waals surface area contributed by atoms with Gasteiger partial charge in [0, 0.05) is 38.5 Å². The third-order valence-electron chi connectivity index (χ3n) is 4.13. The van der Waals surface area contributed by atoms with Crippen molar-refractivity contribution in [2.24, 2.45) is 0 Å². The number of nitrogens with one attached hydrogen (secondary N) is 1. The first kappa shape index (κ1) is 15.3. The number of nitrogens with two attached hydrogens (primary N) is 1. The minimum absolute atomic E-state index is 0.0951. The van der Waals surface area contributed by atoms with Gasteiger partial charge in [-0.05, 0) is 12.0 Å². The second kappa shape index (κ2) is 6.64. The molecular weight excluding hydrogens is 290 g/mol. The molecule has 0 radical (unpaired) electrons. The highest BCUT2D eigenvalue weighted by atomic mass is 16.1. The lowest BCUT2D eigenvalue weighted by Crippen LogP contribution is -2.44. The van der Waals surface area contributed by atoms with Crippen LogP contribution >= 0.6 is 0 Å². The molecule has 1 fully saturated rings. The summed E-state index contributed by atoms with van der Waals surface area (Å²) in [7, 11) is 1.80. The first-order chi connectivity index (χ1) is 11.2. The van der Waals surface area contributed by atoms with Crippen LogP contribution in [0.15, 0.2) is 36.4 Å². The fourth-order valence-corrected chi connectivity index (χ4v) is 3.00. The average molecular weight is 311 g/mol. The summed E-state index contributed by atoms with van der Waals surface area (Å²) in [6, 6.07) is 12.2. The topological polar surface area (TPSA) is 84.1 Å². The largest absolute Gasteiger partial charge is 0.373 e. The second-order valence-electron chi connectivity index (χ2n) is 5.75. The molecule has 6 heteroatoms. The maximum atomic E-state index is 11.9. The van der Waals surface area contributed by atoms with Crippen molar-refractivity contribution in [1.29, 1.82) is 0 Å². The van der Waals surface area contributed by atoms with Crippen molar-refractivity contribution in [3.05, 3.63) is 42.0 Å². The third-order valence-corrected chi connectivity index (χ3v) is 4.13. The number of anilines is 3. The van der Waals surface area contributed by atoms with Crippen molar-refractivity contribution >= 4 is 23.4 Å². The maximum absolute atomic E-state index is 11.9. The van der Waals surface area contributed by atoms with Crippen molar-refractivity contribution in [3.63, 3.8) is 0 Å². The normalized spacial score (nSPS) is 18.0. The van der Waals surface area contributed by atoms with Gasteiger partial charge in [0.1, 0.15) is 17.4 Å². The molecule has 0 spiro atoms. The van der Waals surface area contributed by atoms with Crippen LogP contribution in [-0.4, -0.2) is 35.4 Å². The quantitative estimate of drug-likeness (QED) is 0.897. The molecule has 1 aliphatic rings. The van der Waals surface area contributed by atoms with Gasteiger partial charge in [0.2, 0.25) is 5.95 Å². The Morgan fingerprint density at radius 1 is 1.30 bits per heavy atom. The first-order valence-electron chi connectivity index (χ1n) is 7.80. The van der Waals surface area contributed by atoms with Crippen molar-refractivity contribution in [1.82, 2.24) is 9.97 Å².